The maximum absolute atomic E-state index is 4.67. The van der Waals surface area contributed by atoms with Gasteiger partial charge in [0.15, 0.2) is 0 Å². The van der Waals surface area contributed by atoms with Crippen LogP contribution >= 0.6 is 22.7 Å². The molecule has 0 saturated carbocycles. The van der Waals surface area contributed by atoms with E-state index in [9.17, 15) is 0 Å². The Morgan fingerprint density at radius 2 is 1.86 bits per heavy atom. The number of thiophene rings is 1. The van der Waals surface area contributed by atoms with Crippen LogP contribution in [0.25, 0.3) is 10.6 Å². The minimum absolute atomic E-state index is 0.244. The second-order valence-electron chi connectivity index (χ2n) is 5.07. The standard InChI is InChI=1S/C17H17N3S2/c1-13(2)19-17-20(18-11-14-7-4-3-5-8-14)15(12-22-17)16-9-6-10-21-16/h3-13H,1-2H3. The summed E-state index contributed by atoms with van der Waals surface area (Å²) >= 11 is 3.34. The number of hydrogen-bond donors (Lipinski definition) is 0. The molecule has 0 bridgehead atoms. The monoisotopic (exact) mass is 327 g/mol. The van der Waals surface area contributed by atoms with Crippen LogP contribution in [-0.4, -0.2) is 16.9 Å². The van der Waals surface area contributed by atoms with Crippen molar-refractivity contribution in [3.05, 3.63) is 63.6 Å². The highest BCUT2D eigenvalue weighted by Gasteiger charge is 2.08. The summed E-state index contributed by atoms with van der Waals surface area (Å²) in [6.45, 7) is 4.16. The first-order valence-electron chi connectivity index (χ1n) is 7.11. The minimum atomic E-state index is 0.244. The van der Waals surface area contributed by atoms with Gasteiger partial charge in [0.1, 0.15) is 0 Å². The Hall–Kier alpha value is -1.98. The first kappa shape index (κ1) is 14.9. The highest BCUT2D eigenvalue weighted by atomic mass is 32.1. The van der Waals surface area contributed by atoms with Crippen LogP contribution < -0.4 is 4.80 Å². The largest absolute Gasteiger partial charge is 0.255 e. The van der Waals surface area contributed by atoms with Gasteiger partial charge in [0, 0.05) is 11.4 Å². The number of hydrogen-bond acceptors (Lipinski definition) is 4. The van der Waals surface area contributed by atoms with Crippen LogP contribution in [0.5, 0.6) is 0 Å². The summed E-state index contributed by atoms with van der Waals surface area (Å²) in [4.78, 5) is 6.80. The Bertz CT molecular complexity index is 809. The van der Waals surface area contributed by atoms with Gasteiger partial charge >= 0.3 is 0 Å². The average Bonchev–Trinajstić information content (AvgIpc) is 3.15. The molecule has 0 aliphatic carbocycles. The van der Waals surface area contributed by atoms with Gasteiger partial charge in [0.25, 0.3) is 0 Å². The third-order valence-electron chi connectivity index (χ3n) is 2.95. The molecule has 3 aromatic rings. The molecule has 0 atom stereocenters. The molecular weight excluding hydrogens is 310 g/mol. The van der Waals surface area contributed by atoms with E-state index in [0.717, 1.165) is 16.1 Å². The number of benzene rings is 1. The summed E-state index contributed by atoms with van der Waals surface area (Å²) in [5, 5.41) is 8.86. The molecule has 0 spiro atoms. The molecule has 0 radical (unpaired) electrons. The molecule has 3 nitrogen and oxygen atoms in total. The molecule has 0 fully saturated rings. The fourth-order valence-corrected chi connectivity index (χ4v) is 3.74. The van der Waals surface area contributed by atoms with Crippen molar-refractivity contribution >= 4 is 28.9 Å². The highest BCUT2D eigenvalue weighted by molar-refractivity contribution is 7.14. The number of thiazole rings is 1. The molecule has 0 aliphatic heterocycles. The summed E-state index contributed by atoms with van der Waals surface area (Å²) in [6.07, 6.45) is 1.88. The molecule has 22 heavy (non-hydrogen) atoms. The van der Waals surface area contributed by atoms with Crippen LogP contribution in [0.2, 0.25) is 0 Å². The molecule has 0 amide bonds. The normalized spacial score (nSPS) is 12.6. The van der Waals surface area contributed by atoms with Crippen LogP contribution in [-0.2, 0) is 0 Å². The second kappa shape index (κ2) is 6.85. The summed E-state index contributed by atoms with van der Waals surface area (Å²) in [6, 6.07) is 14.5. The van der Waals surface area contributed by atoms with E-state index in [0.29, 0.717) is 0 Å². The fraction of sp³-hybridized carbons (Fsp3) is 0.176. The summed E-state index contributed by atoms with van der Waals surface area (Å²) in [5.74, 6) is 0. The van der Waals surface area contributed by atoms with Crippen molar-refractivity contribution in [2.75, 3.05) is 0 Å². The van der Waals surface area contributed by atoms with Gasteiger partial charge in [0.2, 0.25) is 4.80 Å². The first-order valence-corrected chi connectivity index (χ1v) is 8.87. The van der Waals surface area contributed by atoms with Crippen molar-refractivity contribution in [2.24, 2.45) is 10.1 Å². The zero-order valence-electron chi connectivity index (χ0n) is 12.5. The SMILES string of the molecule is CC(C)N=c1scc(-c2cccs2)n1N=Cc1ccccc1. The van der Waals surface area contributed by atoms with E-state index in [4.69, 9.17) is 0 Å². The van der Waals surface area contributed by atoms with E-state index >= 15 is 0 Å². The zero-order chi connectivity index (χ0) is 15.4. The Morgan fingerprint density at radius 1 is 1.05 bits per heavy atom. The van der Waals surface area contributed by atoms with Crippen molar-refractivity contribution in [3.8, 4) is 10.6 Å². The molecule has 0 N–H and O–H groups in total. The average molecular weight is 327 g/mol. The predicted octanol–water partition coefficient (Wildman–Crippen LogP) is 4.47. The van der Waals surface area contributed by atoms with Gasteiger partial charge in [-0.15, -0.1) is 22.7 Å². The van der Waals surface area contributed by atoms with Gasteiger partial charge in [-0.2, -0.15) is 5.10 Å². The van der Waals surface area contributed by atoms with Crippen molar-refractivity contribution in [1.29, 1.82) is 0 Å². The first-order chi connectivity index (χ1) is 10.7. The third-order valence-corrected chi connectivity index (χ3v) is 4.67. The molecule has 0 aliphatic rings. The molecule has 0 saturated heterocycles. The summed E-state index contributed by atoms with van der Waals surface area (Å²) in [5.41, 5.74) is 2.17. The lowest BCUT2D eigenvalue weighted by molar-refractivity contribution is 0.755. The molecule has 3 rings (SSSR count). The second-order valence-corrected chi connectivity index (χ2v) is 6.85. The van der Waals surface area contributed by atoms with E-state index in [1.54, 1.807) is 22.7 Å². The van der Waals surface area contributed by atoms with Crippen molar-refractivity contribution in [2.45, 2.75) is 19.9 Å². The van der Waals surface area contributed by atoms with E-state index in [1.165, 1.54) is 4.88 Å². The molecule has 2 heterocycles. The van der Waals surface area contributed by atoms with Gasteiger partial charge in [0.05, 0.1) is 16.8 Å². The highest BCUT2D eigenvalue weighted by Crippen LogP contribution is 2.25. The smallest absolute Gasteiger partial charge is 0.206 e. The van der Waals surface area contributed by atoms with E-state index < -0.39 is 0 Å². The van der Waals surface area contributed by atoms with Crippen LogP contribution in [0.1, 0.15) is 19.4 Å². The molecule has 5 heteroatoms. The van der Waals surface area contributed by atoms with Gasteiger partial charge in [-0.05, 0) is 30.9 Å². The number of rotatable bonds is 4. The lowest BCUT2D eigenvalue weighted by atomic mass is 10.2. The predicted molar refractivity (Wildman–Crippen MR) is 95.8 cm³/mol. The molecule has 2 aromatic heterocycles. The molecule has 1 aromatic carbocycles. The lowest BCUT2D eigenvalue weighted by Crippen LogP contribution is -2.14. The fourth-order valence-electron chi connectivity index (χ4n) is 1.98. The van der Waals surface area contributed by atoms with Gasteiger partial charge in [-0.3, -0.25) is 4.99 Å². The summed E-state index contributed by atoms with van der Waals surface area (Å²) < 4.78 is 1.93. The zero-order valence-corrected chi connectivity index (χ0v) is 14.1. The van der Waals surface area contributed by atoms with Gasteiger partial charge in [-0.1, -0.05) is 36.4 Å². The molecule has 0 unspecified atom stereocenters. The van der Waals surface area contributed by atoms with Crippen molar-refractivity contribution < 1.29 is 0 Å². The van der Waals surface area contributed by atoms with E-state index in [1.807, 2.05) is 41.2 Å². The van der Waals surface area contributed by atoms with Crippen LogP contribution in [0.4, 0.5) is 0 Å². The molecule has 112 valence electrons. The number of nitrogens with zero attached hydrogens (tertiary/aromatic N) is 3. The molecular formula is C17H17N3S2. The number of aromatic nitrogens is 1. The topological polar surface area (TPSA) is 29.6 Å². The quantitative estimate of drug-likeness (QED) is 0.633. The summed E-state index contributed by atoms with van der Waals surface area (Å²) in [7, 11) is 0. The van der Waals surface area contributed by atoms with E-state index in [-0.39, 0.29) is 6.04 Å². The Morgan fingerprint density at radius 3 is 2.55 bits per heavy atom. The maximum Gasteiger partial charge on any atom is 0.206 e. The maximum atomic E-state index is 4.67. The van der Waals surface area contributed by atoms with Crippen molar-refractivity contribution in [3.63, 3.8) is 0 Å². The van der Waals surface area contributed by atoms with Gasteiger partial charge < -0.3 is 0 Å². The Balaban J connectivity index is 2.07. The van der Waals surface area contributed by atoms with Crippen LogP contribution in [0.3, 0.4) is 0 Å². The van der Waals surface area contributed by atoms with Crippen molar-refractivity contribution in [1.82, 2.24) is 4.68 Å². The Kier molecular flexibility index (Phi) is 4.65. The minimum Gasteiger partial charge on any atom is -0.255 e. The third kappa shape index (κ3) is 3.43. The lowest BCUT2D eigenvalue weighted by Gasteiger charge is -2.01. The van der Waals surface area contributed by atoms with Crippen LogP contribution in [0, 0.1) is 0 Å². The van der Waals surface area contributed by atoms with Crippen LogP contribution in [0.15, 0.2) is 63.3 Å². The van der Waals surface area contributed by atoms with E-state index in [2.05, 4.69) is 46.8 Å². The van der Waals surface area contributed by atoms with Gasteiger partial charge in [-0.25, -0.2) is 4.68 Å². The Labute approximate surface area is 137 Å².